The predicted molar refractivity (Wildman–Crippen MR) is 59.4 cm³/mol. The monoisotopic (exact) mass is 200 g/mol. The minimum Gasteiger partial charge on any atom is -0.396 e. The van der Waals surface area contributed by atoms with E-state index in [1.165, 1.54) is 32.1 Å². The zero-order chi connectivity index (χ0) is 10.1. The smallest absolute Gasteiger partial charge is 0.0443 e. The van der Waals surface area contributed by atoms with Gasteiger partial charge >= 0.3 is 0 Å². The summed E-state index contributed by atoms with van der Waals surface area (Å²) in [5.41, 5.74) is 0. The first-order valence-electron chi connectivity index (χ1n) is 5.98. The zero-order valence-electron chi connectivity index (χ0n) is 9.10. The molecule has 3 nitrogen and oxygen atoms in total. The first kappa shape index (κ1) is 12.0. The van der Waals surface area contributed by atoms with Crippen molar-refractivity contribution in [1.29, 1.82) is 0 Å². The molecule has 1 fully saturated rings. The van der Waals surface area contributed by atoms with Crippen molar-refractivity contribution in [1.82, 2.24) is 10.6 Å². The third kappa shape index (κ3) is 5.58. The molecule has 0 aromatic rings. The molecule has 0 amide bonds. The minimum absolute atomic E-state index is 0.299. The molecule has 0 heterocycles. The lowest BCUT2D eigenvalue weighted by Crippen LogP contribution is -2.29. The number of aliphatic hydroxyl groups is 1. The van der Waals surface area contributed by atoms with Gasteiger partial charge in [0.15, 0.2) is 0 Å². The van der Waals surface area contributed by atoms with Gasteiger partial charge in [-0.05, 0) is 45.3 Å². The molecule has 1 saturated carbocycles. The van der Waals surface area contributed by atoms with Crippen LogP contribution in [0.1, 0.15) is 38.5 Å². The molecule has 0 unspecified atom stereocenters. The number of nitrogens with one attached hydrogen (secondary N) is 2. The van der Waals surface area contributed by atoms with Crippen LogP contribution in [0.3, 0.4) is 0 Å². The second-order valence-electron chi connectivity index (χ2n) is 4.12. The van der Waals surface area contributed by atoms with Gasteiger partial charge in [-0.3, -0.25) is 0 Å². The Morgan fingerprint density at radius 1 is 1.00 bits per heavy atom. The highest BCUT2D eigenvalue weighted by Crippen LogP contribution is 2.17. The molecule has 0 spiro atoms. The first-order chi connectivity index (χ1) is 6.93. The predicted octanol–water partition coefficient (Wildman–Crippen LogP) is 0.881. The molecule has 1 rings (SSSR count). The van der Waals surface area contributed by atoms with Crippen LogP contribution in [-0.2, 0) is 0 Å². The fourth-order valence-electron chi connectivity index (χ4n) is 1.98. The minimum atomic E-state index is 0.299. The van der Waals surface area contributed by atoms with Crippen molar-refractivity contribution in [3.63, 3.8) is 0 Å². The Bertz CT molecular complexity index is 124. The molecule has 1 aliphatic rings. The molecule has 0 aromatic heterocycles. The van der Waals surface area contributed by atoms with E-state index >= 15 is 0 Å². The third-order valence-corrected chi connectivity index (χ3v) is 2.83. The first-order valence-corrected chi connectivity index (χ1v) is 5.98. The Balaban J connectivity index is 1.75. The van der Waals surface area contributed by atoms with Gasteiger partial charge in [-0.2, -0.15) is 0 Å². The van der Waals surface area contributed by atoms with Crippen molar-refractivity contribution in [3.8, 4) is 0 Å². The maximum atomic E-state index is 8.56. The van der Waals surface area contributed by atoms with E-state index in [9.17, 15) is 0 Å². The Kier molecular flexibility index (Phi) is 7.01. The lowest BCUT2D eigenvalue weighted by Gasteiger charge is -2.11. The molecule has 0 bridgehead atoms. The van der Waals surface area contributed by atoms with Crippen LogP contribution < -0.4 is 10.6 Å². The molecule has 14 heavy (non-hydrogen) atoms. The normalized spacial score (nSPS) is 17.8. The van der Waals surface area contributed by atoms with Gasteiger partial charge in [-0.1, -0.05) is 12.8 Å². The standard InChI is InChI=1S/C11H24N2O/c14-10-4-8-12-7-3-9-13-11-5-1-2-6-11/h11-14H,1-10H2. The van der Waals surface area contributed by atoms with E-state index < -0.39 is 0 Å². The molecule has 84 valence electrons. The molecule has 1 aliphatic carbocycles. The molecule has 3 N–H and O–H groups in total. The van der Waals surface area contributed by atoms with E-state index in [4.69, 9.17) is 5.11 Å². The Labute approximate surface area is 87.3 Å². The van der Waals surface area contributed by atoms with E-state index in [2.05, 4.69) is 10.6 Å². The quantitative estimate of drug-likeness (QED) is 0.510. The number of hydrogen-bond donors (Lipinski definition) is 3. The van der Waals surface area contributed by atoms with E-state index in [0.717, 1.165) is 32.1 Å². The van der Waals surface area contributed by atoms with Crippen LogP contribution in [0.2, 0.25) is 0 Å². The van der Waals surface area contributed by atoms with Crippen molar-refractivity contribution >= 4 is 0 Å². The van der Waals surface area contributed by atoms with Gasteiger partial charge in [0.05, 0.1) is 0 Å². The summed E-state index contributed by atoms with van der Waals surface area (Å²) >= 11 is 0. The molecule has 0 aromatic carbocycles. The fourth-order valence-corrected chi connectivity index (χ4v) is 1.98. The van der Waals surface area contributed by atoms with Crippen LogP contribution in [0.15, 0.2) is 0 Å². The molecular weight excluding hydrogens is 176 g/mol. The van der Waals surface area contributed by atoms with Crippen molar-refractivity contribution in [3.05, 3.63) is 0 Å². The van der Waals surface area contributed by atoms with E-state index in [1.807, 2.05) is 0 Å². The maximum Gasteiger partial charge on any atom is 0.0443 e. The van der Waals surface area contributed by atoms with Crippen molar-refractivity contribution in [2.75, 3.05) is 26.2 Å². The summed E-state index contributed by atoms with van der Waals surface area (Å²) in [5.74, 6) is 0. The lowest BCUT2D eigenvalue weighted by molar-refractivity contribution is 0.286. The van der Waals surface area contributed by atoms with Gasteiger partial charge < -0.3 is 15.7 Å². The molecular formula is C11H24N2O. The summed E-state index contributed by atoms with van der Waals surface area (Å²) in [6, 6.07) is 0.799. The lowest BCUT2D eigenvalue weighted by atomic mass is 10.2. The van der Waals surface area contributed by atoms with Gasteiger partial charge in [0.25, 0.3) is 0 Å². The van der Waals surface area contributed by atoms with Crippen LogP contribution in [-0.4, -0.2) is 37.4 Å². The summed E-state index contributed by atoms with van der Waals surface area (Å²) in [6.07, 6.45) is 7.63. The third-order valence-electron chi connectivity index (χ3n) is 2.83. The van der Waals surface area contributed by atoms with E-state index in [-0.39, 0.29) is 0 Å². The average Bonchev–Trinajstić information content (AvgIpc) is 2.69. The average molecular weight is 200 g/mol. The maximum absolute atomic E-state index is 8.56. The van der Waals surface area contributed by atoms with E-state index in [0.29, 0.717) is 6.61 Å². The molecule has 0 atom stereocenters. The summed E-state index contributed by atoms with van der Waals surface area (Å²) in [6.45, 7) is 3.45. The van der Waals surface area contributed by atoms with Crippen molar-refractivity contribution in [2.45, 2.75) is 44.6 Å². The summed E-state index contributed by atoms with van der Waals surface area (Å²) in [5, 5.41) is 15.5. The largest absolute Gasteiger partial charge is 0.396 e. The summed E-state index contributed by atoms with van der Waals surface area (Å²) in [7, 11) is 0. The summed E-state index contributed by atoms with van der Waals surface area (Å²) in [4.78, 5) is 0. The topological polar surface area (TPSA) is 44.3 Å². The highest BCUT2D eigenvalue weighted by atomic mass is 16.3. The SMILES string of the molecule is OCCCNCCCNC1CCCC1. The number of hydrogen-bond acceptors (Lipinski definition) is 3. The van der Waals surface area contributed by atoms with E-state index in [1.54, 1.807) is 0 Å². The van der Waals surface area contributed by atoms with Crippen LogP contribution in [0, 0.1) is 0 Å². The Morgan fingerprint density at radius 3 is 2.43 bits per heavy atom. The summed E-state index contributed by atoms with van der Waals surface area (Å²) < 4.78 is 0. The molecule has 0 saturated heterocycles. The second kappa shape index (κ2) is 8.21. The fraction of sp³-hybridized carbons (Fsp3) is 1.00. The van der Waals surface area contributed by atoms with Gasteiger partial charge in [0.2, 0.25) is 0 Å². The van der Waals surface area contributed by atoms with Crippen LogP contribution >= 0.6 is 0 Å². The number of rotatable bonds is 8. The zero-order valence-corrected chi connectivity index (χ0v) is 9.10. The molecule has 0 radical (unpaired) electrons. The Morgan fingerprint density at radius 2 is 1.71 bits per heavy atom. The van der Waals surface area contributed by atoms with Crippen molar-refractivity contribution < 1.29 is 5.11 Å². The highest BCUT2D eigenvalue weighted by molar-refractivity contribution is 4.73. The highest BCUT2D eigenvalue weighted by Gasteiger charge is 2.12. The van der Waals surface area contributed by atoms with Crippen LogP contribution in [0.5, 0.6) is 0 Å². The van der Waals surface area contributed by atoms with Gasteiger partial charge in [-0.15, -0.1) is 0 Å². The van der Waals surface area contributed by atoms with Gasteiger partial charge in [-0.25, -0.2) is 0 Å². The molecule has 3 heteroatoms. The molecule has 0 aliphatic heterocycles. The van der Waals surface area contributed by atoms with Crippen LogP contribution in [0.25, 0.3) is 0 Å². The second-order valence-corrected chi connectivity index (χ2v) is 4.12. The van der Waals surface area contributed by atoms with Gasteiger partial charge in [0, 0.05) is 12.6 Å². The number of aliphatic hydroxyl groups excluding tert-OH is 1. The van der Waals surface area contributed by atoms with Gasteiger partial charge in [0.1, 0.15) is 0 Å². The van der Waals surface area contributed by atoms with Crippen molar-refractivity contribution in [2.24, 2.45) is 0 Å². The Hall–Kier alpha value is -0.120. The van der Waals surface area contributed by atoms with Crippen LogP contribution in [0.4, 0.5) is 0 Å².